The van der Waals surface area contributed by atoms with E-state index in [9.17, 15) is 9.90 Å². The molecule has 2 aliphatic heterocycles. The Morgan fingerprint density at radius 2 is 2.19 bits per heavy atom. The summed E-state index contributed by atoms with van der Waals surface area (Å²) in [5.41, 5.74) is 2.32. The van der Waals surface area contributed by atoms with Crippen molar-refractivity contribution in [2.45, 2.75) is 38.9 Å². The molecule has 0 unspecified atom stereocenters. The molecule has 1 amide bonds. The van der Waals surface area contributed by atoms with Gasteiger partial charge < -0.3 is 25.0 Å². The maximum atomic E-state index is 11.5. The number of carbonyl (C=O) groups is 1. The number of piperazine rings is 1. The lowest BCUT2D eigenvalue weighted by Crippen LogP contribution is -2.48. The molecule has 2 bridgehead atoms. The molecule has 5 heterocycles. The molecule has 0 aromatic carbocycles. The van der Waals surface area contributed by atoms with Crippen LogP contribution in [0.3, 0.4) is 0 Å². The van der Waals surface area contributed by atoms with Gasteiger partial charge in [-0.25, -0.2) is 19.7 Å². The molecule has 2 atom stereocenters. The first kappa shape index (κ1) is 20.4. The van der Waals surface area contributed by atoms with Gasteiger partial charge in [0.2, 0.25) is 5.95 Å². The zero-order valence-corrected chi connectivity index (χ0v) is 18.0. The van der Waals surface area contributed by atoms with Crippen LogP contribution in [0.1, 0.15) is 19.0 Å². The van der Waals surface area contributed by atoms with Gasteiger partial charge in [-0.3, -0.25) is 4.68 Å². The Morgan fingerprint density at radius 1 is 1.31 bits per heavy atom. The number of aryl methyl sites for hydroxylation is 1. The molecule has 12 heteroatoms. The molecule has 0 aliphatic carbocycles. The van der Waals surface area contributed by atoms with Crippen molar-refractivity contribution in [3.8, 4) is 0 Å². The van der Waals surface area contributed by atoms with Gasteiger partial charge >= 0.3 is 6.09 Å². The van der Waals surface area contributed by atoms with Gasteiger partial charge in [0.25, 0.3) is 0 Å². The summed E-state index contributed by atoms with van der Waals surface area (Å²) in [7, 11) is 0. The Kier molecular flexibility index (Phi) is 5.21. The number of aromatic nitrogens is 6. The molecule has 0 saturated carbocycles. The standard InChI is InChI=1S/C20H25N9O3/c1-3-32-7-6-29-17-16(12(2)26-29)24-19(25-18(17)23-15-4-5-21-11-22-15)27-9-14-8-13(27)10-28(14)20(30)31/h4-5,11,13-14H,3,6-10H2,1-2H3,(H,30,31)(H,21,22,23,24,25)/t13-,14-/m0/s1. The lowest BCUT2D eigenvalue weighted by Gasteiger charge is -2.32. The van der Waals surface area contributed by atoms with Gasteiger partial charge in [0, 0.05) is 25.9 Å². The van der Waals surface area contributed by atoms with Crippen molar-refractivity contribution >= 4 is 34.7 Å². The Bertz CT molecular complexity index is 1140. The van der Waals surface area contributed by atoms with E-state index in [-0.39, 0.29) is 12.1 Å². The predicted molar refractivity (Wildman–Crippen MR) is 116 cm³/mol. The van der Waals surface area contributed by atoms with E-state index < -0.39 is 6.09 Å². The lowest BCUT2D eigenvalue weighted by atomic mass is 10.2. The van der Waals surface area contributed by atoms with E-state index in [1.165, 1.54) is 11.2 Å². The third-order valence-electron chi connectivity index (χ3n) is 5.97. The van der Waals surface area contributed by atoms with Crippen molar-refractivity contribution in [2.75, 3.05) is 36.5 Å². The highest BCUT2D eigenvalue weighted by Gasteiger charge is 2.46. The third-order valence-corrected chi connectivity index (χ3v) is 5.97. The van der Waals surface area contributed by atoms with Crippen molar-refractivity contribution in [3.63, 3.8) is 0 Å². The van der Waals surface area contributed by atoms with Gasteiger partial charge in [-0.15, -0.1) is 0 Å². The van der Waals surface area contributed by atoms with E-state index in [4.69, 9.17) is 14.7 Å². The Hall–Kier alpha value is -3.54. The molecule has 2 fully saturated rings. The summed E-state index contributed by atoms with van der Waals surface area (Å²) in [5, 5.41) is 17.4. The molecule has 5 rings (SSSR count). The lowest BCUT2D eigenvalue weighted by molar-refractivity contribution is 0.136. The number of ether oxygens (including phenoxy) is 1. The first-order valence-corrected chi connectivity index (χ1v) is 10.7. The third kappa shape index (κ3) is 3.55. The topological polar surface area (TPSA) is 134 Å². The maximum Gasteiger partial charge on any atom is 0.407 e. The number of nitrogens with zero attached hydrogens (tertiary/aromatic N) is 8. The molecule has 2 N–H and O–H groups in total. The van der Waals surface area contributed by atoms with Gasteiger partial charge in [-0.05, 0) is 26.3 Å². The SMILES string of the molecule is CCOCCn1nc(C)c2nc(N3C[C@@H]4C[C@H]3CN4C(=O)O)nc(Nc3ccncn3)c21. The highest BCUT2D eigenvalue weighted by atomic mass is 16.5. The van der Waals surface area contributed by atoms with Crippen LogP contribution in [0.25, 0.3) is 11.0 Å². The number of nitrogens with one attached hydrogen (secondary N) is 1. The predicted octanol–water partition coefficient (Wildman–Crippen LogP) is 1.65. The average molecular weight is 439 g/mol. The number of anilines is 3. The van der Waals surface area contributed by atoms with Crippen LogP contribution in [-0.4, -0.2) is 84.2 Å². The van der Waals surface area contributed by atoms with E-state index >= 15 is 0 Å². The van der Waals surface area contributed by atoms with Crippen molar-refractivity contribution in [2.24, 2.45) is 0 Å². The largest absolute Gasteiger partial charge is 0.465 e. The number of fused-ring (bicyclic) bond motifs is 3. The molecule has 32 heavy (non-hydrogen) atoms. The van der Waals surface area contributed by atoms with Crippen molar-refractivity contribution in [1.82, 2.24) is 34.6 Å². The first-order valence-electron chi connectivity index (χ1n) is 10.7. The second-order valence-electron chi connectivity index (χ2n) is 7.93. The van der Waals surface area contributed by atoms with Crippen molar-refractivity contribution in [1.29, 1.82) is 0 Å². The quantitative estimate of drug-likeness (QED) is 0.523. The van der Waals surface area contributed by atoms with Gasteiger partial charge in [0.15, 0.2) is 5.82 Å². The summed E-state index contributed by atoms with van der Waals surface area (Å²) in [6.07, 6.45) is 3.05. The normalized spacial score (nSPS) is 19.8. The van der Waals surface area contributed by atoms with E-state index in [1.54, 1.807) is 12.3 Å². The summed E-state index contributed by atoms with van der Waals surface area (Å²) >= 11 is 0. The van der Waals surface area contributed by atoms with Crippen LogP contribution >= 0.6 is 0 Å². The number of amides is 1. The summed E-state index contributed by atoms with van der Waals surface area (Å²) < 4.78 is 7.38. The van der Waals surface area contributed by atoms with E-state index in [2.05, 4.69) is 25.3 Å². The van der Waals surface area contributed by atoms with Gasteiger partial charge in [-0.1, -0.05) is 0 Å². The minimum absolute atomic E-state index is 0.0370. The van der Waals surface area contributed by atoms with Gasteiger partial charge in [0.05, 0.1) is 30.9 Å². The summed E-state index contributed by atoms with van der Waals surface area (Å²) in [4.78, 5) is 33.0. The Balaban J connectivity index is 1.54. The zero-order valence-electron chi connectivity index (χ0n) is 18.0. The van der Waals surface area contributed by atoms with Crippen LogP contribution in [0.2, 0.25) is 0 Å². The molecule has 168 valence electrons. The first-order chi connectivity index (χ1) is 15.5. The number of carboxylic acid groups (broad SMARTS) is 1. The smallest absolute Gasteiger partial charge is 0.407 e. The van der Waals surface area contributed by atoms with Crippen LogP contribution < -0.4 is 10.2 Å². The van der Waals surface area contributed by atoms with E-state index in [1.807, 2.05) is 18.5 Å². The molecule has 2 aliphatic rings. The second kappa shape index (κ2) is 8.19. The van der Waals surface area contributed by atoms with Crippen molar-refractivity contribution < 1.29 is 14.6 Å². The zero-order chi connectivity index (χ0) is 22.2. The molecule has 12 nitrogen and oxygen atoms in total. The molecule has 0 spiro atoms. The van der Waals surface area contributed by atoms with Gasteiger partial charge in [0.1, 0.15) is 23.2 Å². The van der Waals surface area contributed by atoms with Crippen LogP contribution in [0.5, 0.6) is 0 Å². The highest BCUT2D eigenvalue weighted by Crippen LogP contribution is 2.35. The second-order valence-corrected chi connectivity index (χ2v) is 7.93. The fourth-order valence-electron chi connectivity index (χ4n) is 4.52. The molecule has 3 aromatic heterocycles. The number of rotatable bonds is 7. The minimum Gasteiger partial charge on any atom is -0.465 e. The molecule has 0 radical (unpaired) electrons. The summed E-state index contributed by atoms with van der Waals surface area (Å²) in [6.45, 7) is 6.65. The number of hydrogen-bond donors (Lipinski definition) is 2. The summed E-state index contributed by atoms with van der Waals surface area (Å²) in [5.74, 6) is 1.78. The van der Waals surface area contributed by atoms with E-state index in [0.717, 1.165) is 23.1 Å². The van der Waals surface area contributed by atoms with Crippen LogP contribution in [0.4, 0.5) is 22.4 Å². The minimum atomic E-state index is -0.869. The van der Waals surface area contributed by atoms with Gasteiger partial charge in [-0.2, -0.15) is 10.1 Å². The fourth-order valence-corrected chi connectivity index (χ4v) is 4.52. The Morgan fingerprint density at radius 3 is 2.88 bits per heavy atom. The number of likely N-dealkylation sites (tertiary alicyclic amines) is 1. The fraction of sp³-hybridized carbons (Fsp3) is 0.500. The highest BCUT2D eigenvalue weighted by molar-refractivity contribution is 5.90. The van der Waals surface area contributed by atoms with Crippen LogP contribution in [0, 0.1) is 6.92 Å². The Labute approximate surface area is 184 Å². The molecular formula is C20H25N9O3. The average Bonchev–Trinajstić information content (AvgIpc) is 3.48. The monoisotopic (exact) mass is 439 g/mol. The molecule has 3 aromatic rings. The van der Waals surface area contributed by atoms with Crippen LogP contribution in [-0.2, 0) is 11.3 Å². The summed E-state index contributed by atoms with van der Waals surface area (Å²) in [6, 6.07) is 1.79. The molecular weight excluding hydrogens is 414 g/mol. The van der Waals surface area contributed by atoms with Crippen molar-refractivity contribution in [3.05, 3.63) is 24.3 Å². The molecule has 2 saturated heterocycles. The van der Waals surface area contributed by atoms with E-state index in [0.29, 0.717) is 50.4 Å². The maximum absolute atomic E-state index is 11.5. The van der Waals surface area contributed by atoms with Crippen LogP contribution in [0.15, 0.2) is 18.6 Å². The number of hydrogen-bond acceptors (Lipinski definition) is 9.